The summed E-state index contributed by atoms with van der Waals surface area (Å²) in [7, 11) is 0. The molecule has 4 rings (SSSR count). The minimum atomic E-state index is 0.346. The molecule has 2 aliphatic heterocycles. The fourth-order valence-corrected chi connectivity index (χ4v) is 3.68. The molecule has 0 aliphatic carbocycles. The molecule has 2 aromatic rings. The van der Waals surface area contributed by atoms with Gasteiger partial charge in [0.15, 0.2) is 5.96 Å². The zero-order valence-electron chi connectivity index (χ0n) is 14.6. The Bertz CT molecular complexity index is 727. The molecule has 2 bridgehead atoms. The van der Waals surface area contributed by atoms with Gasteiger partial charge in [-0.1, -0.05) is 12.1 Å². The molecular formula is C19H25N5O. The van der Waals surface area contributed by atoms with E-state index < -0.39 is 0 Å². The Balaban J connectivity index is 1.43. The van der Waals surface area contributed by atoms with Gasteiger partial charge in [-0.2, -0.15) is 0 Å². The Labute approximate surface area is 148 Å². The number of aliphatic imine (C=N–C) groups is 1. The normalized spacial score (nSPS) is 25.3. The van der Waals surface area contributed by atoms with Gasteiger partial charge in [-0.3, -0.25) is 0 Å². The van der Waals surface area contributed by atoms with Crippen LogP contribution in [0.4, 0.5) is 0 Å². The SMILES string of the molecule is CCNC(=NCc1cccc(-n2ccnc2)c1)NC1CC2CCC1O2. The van der Waals surface area contributed by atoms with Crippen molar-refractivity contribution in [1.29, 1.82) is 0 Å². The lowest BCUT2D eigenvalue weighted by Gasteiger charge is -2.22. The number of nitrogens with one attached hydrogen (secondary N) is 2. The summed E-state index contributed by atoms with van der Waals surface area (Å²) in [6, 6.07) is 8.77. The number of fused-ring (bicyclic) bond motifs is 2. The Morgan fingerprint density at radius 3 is 3.08 bits per heavy atom. The molecule has 132 valence electrons. The van der Waals surface area contributed by atoms with E-state index in [0.29, 0.717) is 24.8 Å². The first kappa shape index (κ1) is 16.1. The van der Waals surface area contributed by atoms with Crippen LogP contribution in [0, 0.1) is 0 Å². The molecule has 1 aromatic heterocycles. The topological polar surface area (TPSA) is 63.5 Å². The molecule has 2 N–H and O–H groups in total. The number of imidazole rings is 1. The molecule has 0 radical (unpaired) electrons. The lowest BCUT2D eigenvalue weighted by molar-refractivity contribution is 0.0992. The van der Waals surface area contributed by atoms with Crippen LogP contribution in [0.2, 0.25) is 0 Å². The summed E-state index contributed by atoms with van der Waals surface area (Å²) >= 11 is 0. The minimum Gasteiger partial charge on any atom is -0.373 e. The molecule has 3 heterocycles. The van der Waals surface area contributed by atoms with E-state index in [-0.39, 0.29) is 0 Å². The second kappa shape index (κ2) is 7.27. The van der Waals surface area contributed by atoms with E-state index in [9.17, 15) is 0 Å². The van der Waals surface area contributed by atoms with E-state index in [1.165, 1.54) is 12.0 Å². The van der Waals surface area contributed by atoms with Crippen LogP contribution < -0.4 is 10.6 Å². The lowest BCUT2D eigenvalue weighted by atomic mass is 9.96. The second-order valence-electron chi connectivity index (χ2n) is 6.70. The van der Waals surface area contributed by atoms with Crippen molar-refractivity contribution in [3.63, 3.8) is 0 Å². The Morgan fingerprint density at radius 2 is 2.36 bits per heavy atom. The average Bonchev–Trinajstić information content (AvgIpc) is 3.38. The van der Waals surface area contributed by atoms with Crippen molar-refractivity contribution in [1.82, 2.24) is 20.2 Å². The summed E-state index contributed by atoms with van der Waals surface area (Å²) in [6.07, 6.45) is 9.79. The number of hydrogen-bond acceptors (Lipinski definition) is 3. The van der Waals surface area contributed by atoms with Crippen molar-refractivity contribution in [2.75, 3.05) is 6.54 Å². The first-order chi connectivity index (χ1) is 12.3. The fourth-order valence-electron chi connectivity index (χ4n) is 3.68. The van der Waals surface area contributed by atoms with Gasteiger partial charge in [0.1, 0.15) is 0 Å². The van der Waals surface area contributed by atoms with E-state index >= 15 is 0 Å². The first-order valence-corrected chi connectivity index (χ1v) is 9.09. The number of aromatic nitrogens is 2. The second-order valence-corrected chi connectivity index (χ2v) is 6.70. The lowest BCUT2D eigenvalue weighted by Crippen LogP contribution is -2.47. The molecule has 1 aromatic carbocycles. The quantitative estimate of drug-likeness (QED) is 0.648. The first-order valence-electron chi connectivity index (χ1n) is 9.09. The third-order valence-corrected chi connectivity index (χ3v) is 4.91. The number of hydrogen-bond donors (Lipinski definition) is 2. The predicted octanol–water partition coefficient (Wildman–Crippen LogP) is 2.25. The summed E-state index contributed by atoms with van der Waals surface area (Å²) in [5.74, 6) is 0.872. The molecule has 0 saturated carbocycles. The predicted molar refractivity (Wildman–Crippen MR) is 97.8 cm³/mol. The van der Waals surface area contributed by atoms with Gasteiger partial charge in [0.05, 0.1) is 31.1 Å². The van der Waals surface area contributed by atoms with Gasteiger partial charge in [-0.15, -0.1) is 0 Å². The standard InChI is InChI=1S/C19H25N5O/c1-2-21-19(23-17-11-16-6-7-18(17)25-16)22-12-14-4-3-5-15(10-14)24-9-8-20-13-24/h3-5,8-10,13,16-18H,2,6-7,11-12H2,1H3,(H2,21,22,23). The third-order valence-electron chi connectivity index (χ3n) is 4.91. The van der Waals surface area contributed by atoms with Crippen molar-refractivity contribution >= 4 is 5.96 Å². The van der Waals surface area contributed by atoms with E-state index in [2.05, 4.69) is 46.8 Å². The van der Waals surface area contributed by atoms with E-state index in [0.717, 1.165) is 31.0 Å². The van der Waals surface area contributed by atoms with Gasteiger partial charge < -0.3 is 19.9 Å². The van der Waals surface area contributed by atoms with Gasteiger partial charge in [0, 0.05) is 24.6 Å². The number of ether oxygens (including phenoxy) is 1. The van der Waals surface area contributed by atoms with Gasteiger partial charge in [0.2, 0.25) is 0 Å². The van der Waals surface area contributed by atoms with Crippen molar-refractivity contribution < 1.29 is 4.74 Å². The Kier molecular flexibility index (Phi) is 4.70. The summed E-state index contributed by atoms with van der Waals surface area (Å²) in [5, 5.41) is 6.91. The molecule has 6 nitrogen and oxygen atoms in total. The smallest absolute Gasteiger partial charge is 0.191 e. The minimum absolute atomic E-state index is 0.346. The van der Waals surface area contributed by atoms with Crippen LogP contribution in [0.25, 0.3) is 5.69 Å². The van der Waals surface area contributed by atoms with Crippen LogP contribution in [-0.4, -0.2) is 40.3 Å². The fraction of sp³-hybridized carbons (Fsp3) is 0.474. The molecule has 2 fully saturated rings. The highest BCUT2D eigenvalue weighted by molar-refractivity contribution is 5.80. The van der Waals surface area contributed by atoms with Crippen LogP contribution in [0.5, 0.6) is 0 Å². The highest BCUT2D eigenvalue weighted by Crippen LogP contribution is 2.34. The molecule has 0 spiro atoms. The van der Waals surface area contributed by atoms with Crippen LogP contribution >= 0.6 is 0 Å². The Hall–Kier alpha value is -2.34. The van der Waals surface area contributed by atoms with Crippen molar-refractivity contribution in [3.8, 4) is 5.69 Å². The number of guanidine groups is 1. The maximum atomic E-state index is 5.93. The van der Waals surface area contributed by atoms with Crippen molar-refractivity contribution in [3.05, 3.63) is 48.5 Å². The van der Waals surface area contributed by atoms with Gasteiger partial charge in [-0.05, 0) is 43.9 Å². The van der Waals surface area contributed by atoms with Gasteiger partial charge >= 0.3 is 0 Å². The summed E-state index contributed by atoms with van der Waals surface area (Å²) in [5.41, 5.74) is 2.28. The largest absolute Gasteiger partial charge is 0.373 e. The van der Waals surface area contributed by atoms with Crippen LogP contribution in [0.1, 0.15) is 31.7 Å². The van der Waals surface area contributed by atoms with Crippen LogP contribution in [0.15, 0.2) is 48.0 Å². The molecule has 25 heavy (non-hydrogen) atoms. The number of nitrogens with zero attached hydrogens (tertiary/aromatic N) is 3. The maximum absolute atomic E-state index is 5.93. The summed E-state index contributed by atoms with van der Waals surface area (Å²) in [4.78, 5) is 8.87. The Morgan fingerprint density at radius 1 is 1.40 bits per heavy atom. The van der Waals surface area contributed by atoms with Crippen molar-refractivity contribution in [2.24, 2.45) is 4.99 Å². The molecule has 6 heteroatoms. The highest BCUT2D eigenvalue weighted by atomic mass is 16.5. The van der Waals surface area contributed by atoms with Gasteiger partial charge in [0.25, 0.3) is 0 Å². The molecule has 3 atom stereocenters. The van der Waals surface area contributed by atoms with E-state index in [4.69, 9.17) is 9.73 Å². The average molecular weight is 339 g/mol. The molecule has 2 aliphatic rings. The number of rotatable bonds is 5. The maximum Gasteiger partial charge on any atom is 0.191 e. The molecule has 3 unspecified atom stereocenters. The summed E-state index contributed by atoms with van der Waals surface area (Å²) in [6.45, 7) is 3.58. The van der Waals surface area contributed by atoms with Crippen LogP contribution in [0.3, 0.4) is 0 Å². The molecule has 2 saturated heterocycles. The highest BCUT2D eigenvalue weighted by Gasteiger charge is 2.41. The van der Waals surface area contributed by atoms with Gasteiger partial charge in [-0.25, -0.2) is 9.98 Å². The van der Waals surface area contributed by atoms with Crippen molar-refractivity contribution in [2.45, 2.75) is 51.0 Å². The van der Waals surface area contributed by atoms with E-state index in [1.54, 1.807) is 6.20 Å². The summed E-state index contributed by atoms with van der Waals surface area (Å²) < 4.78 is 7.93. The molecule has 0 amide bonds. The zero-order valence-corrected chi connectivity index (χ0v) is 14.6. The monoisotopic (exact) mass is 339 g/mol. The van der Waals surface area contributed by atoms with Crippen LogP contribution in [-0.2, 0) is 11.3 Å². The third kappa shape index (κ3) is 3.69. The van der Waals surface area contributed by atoms with E-state index in [1.807, 2.05) is 17.1 Å². The zero-order chi connectivity index (χ0) is 17.1. The molecular weight excluding hydrogens is 314 g/mol. The number of benzene rings is 1.